The molecule has 3 unspecified atom stereocenters. The zero-order valence-electron chi connectivity index (χ0n) is 31.2. The van der Waals surface area contributed by atoms with E-state index in [0.717, 1.165) is 57.8 Å². The van der Waals surface area contributed by atoms with Crippen LogP contribution in [0.4, 0.5) is 0 Å². The summed E-state index contributed by atoms with van der Waals surface area (Å²) in [4.78, 5) is 0. The molecule has 3 atom stereocenters. The molecule has 0 spiro atoms. The first kappa shape index (κ1) is 43.3. The number of ether oxygens (including phenoxy) is 2. The zero-order valence-corrected chi connectivity index (χ0v) is 31.2. The number of hydrogen-bond donors (Lipinski definition) is 1. The van der Waals surface area contributed by atoms with E-state index in [0.29, 0.717) is 18.9 Å². The van der Waals surface area contributed by atoms with Crippen LogP contribution in [0.2, 0.25) is 0 Å². The van der Waals surface area contributed by atoms with Crippen molar-refractivity contribution >= 4 is 0 Å². The van der Waals surface area contributed by atoms with Gasteiger partial charge in [0.2, 0.25) is 0 Å². The number of aliphatic hydroxyl groups excluding tert-OH is 1. The Kier molecular flexibility index (Phi) is 30.3. The van der Waals surface area contributed by atoms with Crippen molar-refractivity contribution in [3.63, 3.8) is 0 Å². The maximum atomic E-state index is 9.46. The SMILES string of the molecule is CCCCCC=CCC=CCC=CCCCCCC1(CCCCC(C=CCC=CCC=CCCCCC)CCC)OCC(CCO)O1. The fraction of sp³-hybridized carbons (Fsp3) is 0.727. The van der Waals surface area contributed by atoms with Crippen molar-refractivity contribution in [3.05, 3.63) is 72.9 Å². The van der Waals surface area contributed by atoms with Gasteiger partial charge in [0.15, 0.2) is 5.79 Å². The quantitative estimate of drug-likeness (QED) is 0.0580. The third-order valence-electron chi connectivity index (χ3n) is 9.11. The number of allylic oxidation sites excluding steroid dienone is 12. The molecule has 0 aromatic rings. The van der Waals surface area contributed by atoms with Crippen molar-refractivity contribution in [1.82, 2.24) is 0 Å². The van der Waals surface area contributed by atoms with Crippen molar-refractivity contribution in [2.45, 2.75) is 187 Å². The van der Waals surface area contributed by atoms with Gasteiger partial charge in [-0.25, -0.2) is 0 Å². The maximum Gasteiger partial charge on any atom is 0.168 e. The molecule has 270 valence electrons. The molecule has 47 heavy (non-hydrogen) atoms. The van der Waals surface area contributed by atoms with Crippen LogP contribution >= 0.6 is 0 Å². The number of rotatable bonds is 32. The van der Waals surface area contributed by atoms with Gasteiger partial charge in [0.25, 0.3) is 0 Å². The van der Waals surface area contributed by atoms with E-state index in [1.165, 1.54) is 89.9 Å². The normalized spacial score (nSPS) is 19.8. The molecule has 3 heteroatoms. The molecule has 1 heterocycles. The predicted molar refractivity (Wildman–Crippen MR) is 207 cm³/mol. The third-order valence-corrected chi connectivity index (χ3v) is 9.11. The molecule has 0 aromatic heterocycles. The Morgan fingerprint density at radius 2 is 1.09 bits per heavy atom. The van der Waals surface area contributed by atoms with Gasteiger partial charge in [0.1, 0.15) is 0 Å². The summed E-state index contributed by atoms with van der Waals surface area (Å²) in [6, 6.07) is 0. The van der Waals surface area contributed by atoms with Crippen LogP contribution in [-0.2, 0) is 9.47 Å². The summed E-state index contributed by atoms with van der Waals surface area (Å²) in [6.07, 6.45) is 55.8. The van der Waals surface area contributed by atoms with E-state index >= 15 is 0 Å². The Bertz CT molecular complexity index is 850. The van der Waals surface area contributed by atoms with Gasteiger partial charge in [-0.2, -0.15) is 0 Å². The molecule has 1 fully saturated rings. The molecule has 1 aliphatic rings. The lowest BCUT2D eigenvalue weighted by atomic mass is 9.93. The fourth-order valence-corrected chi connectivity index (χ4v) is 6.27. The molecule has 0 radical (unpaired) electrons. The average molecular weight is 653 g/mol. The predicted octanol–water partition coefficient (Wildman–Crippen LogP) is 13.5. The lowest BCUT2D eigenvalue weighted by Crippen LogP contribution is -2.31. The summed E-state index contributed by atoms with van der Waals surface area (Å²) in [6.45, 7) is 7.60. The third kappa shape index (κ3) is 25.9. The summed E-state index contributed by atoms with van der Waals surface area (Å²) in [5.41, 5.74) is 0. The molecule has 0 aromatic carbocycles. The van der Waals surface area contributed by atoms with Crippen molar-refractivity contribution < 1.29 is 14.6 Å². The van der Waals surface area contributed by atoms with E-state index in [9.17, 15) is 5.11 Å². The summed E-state index contributed by atoms with van der Waals surface area (Å²) in [7, 11) is 0. The molecular weight excluding hydrogens is 576 g/mol. The fourth-order valence-electron chi connectivity index (χ4n) is 6.27. The van der Waals surface area contributed by atoms with E-state index in [4.69, 9.17) is 9.47 Å². The summed E-state index contributed by atoms with van der Waals surface area (Å²) in [5, 5.41) is 9.46. The number of unbranched alkanes of at least 4 members (excludes halogenated alkanes) is 10. The largest absolute Gasteiger partial charge is 0.396 e. The van der Waals surface area contributed by atoms with Gasteiger partial charge < -0.3 is 14.6 Å². The summed E-state index contributed by atoms with van der Waals surface area (Å²) >= 11 is 0. The van der Waals surface area contributed by atoms with Gasteiger partial charge in [-0.1, -0.05) is 139 Å². The smallest absolute Gasteiger partial charge is 0.168 e. The maximum absolute atomic E-state index is 9.46. The molecule has 0 amide bonds. The molecule has 1 rings (SSSR count). The van der Waals surface area contributed by atoms with E-state index in [-0.39, 0.29) is 12.7 Å². The van der Waals surface area contributed by atoms with Crippen LogP contribution < -0.4 is 0 Å². The van der Waals surface area contributed by atoms with Gasteiger partial charge in [0.05, 0.1) is 12.7 Å². The minimum atomic E-state index is -0.448. The molecule has 1 aliphatic heterocycles. The van der Waals surface area contributed by atoms with E-state index in [1.54, 1.807) is 0 Å². The van der Waals surface area contributed by atoms with Crippen LogP contribution in [0.25, 0.3) is 0 Å². The molecular formula is C44H76O3. The van der Waals surface area contributed by atoms with Gasteiger partial charge >= 0.3 is 0 Å². The molecule has 1 saturated heterocycles. The van der Waals surface area contributed by atoms with E-state index in [1.807, 2.05) is 0 Å². The monoisotopic (exact) mass is 653 g/mol. The highest BCUT2D eigenvalue weighted by Gasteiger charge is 2.40. The minimum Gasteiger partial charge on any atom is -0.396 e. The highest BCUT2D eigenvalue weighted by Crippen LogP contribution is 2.35. The summed E-state index contributed by atoms with van der Waals surface area (Å²) < 4.78 is 12.8. The van der Waals surface area contributed by atoms with Gasteiger partial charge in [-0.15, -0.1) is 0 Å². The average Bonchev–Trinajstić information content (AvgIpc) is 3.48. The second-order valence-corrected chi connectivity index (χ2v) is 13.6. The van der Waals surface area contributed by atoms with E-state index < -0.39 is 5.79 Å². The van der Waals surface area contributed by atoms with Crippen LogP contribution in [-0.4, -0.2) is 30.2 Å². The Hall–Kier alpha value is -1.68. The molecule has 0 saturated carbocycles. The Labute approximate surface area is 292 Å². The first-order valence-electron chi connectivity index (χ1n) is 20.0. The van der Waals surface area contributed by atoms with Crippen molar-refractivity contribution in [1.29, 1.82) is 0 Å². The number of aliphatic hydroxyl groups is 1. The van der Waals surface area contributed by atoms with Gasteiger partial charge in [-0.05, 0) is 102 Å². The molecule has 3 nitrogen and oxygen atoms in total. The lowest BCUT2D eigenvalue weighted by molar-refractivity contribution is -0.180. The van der Waals surface area contributed by atoms with Gasteiger partial charge in [0, 0.05) is 19.4 Å². The molecule has 0 bridgehead atoms. The highest BCUT2D eigenvalue weighted by atomic mass is 16.7. The second-order valence-electron chi connectivity index (χ2n) is 13.6. The van der Waals surface area contributed by atoms with Crippen LogP contribution in [0.3, 0.4) is 0 Å². The Balaban J connectivity index is 2.32. The molecule has 1 N–H and O–H groups in total. The van der Waals surface area contributed by atoms with Crippen LogP contribution in [0.5, 0.6) is 0 Å². The highest BCUT2D eigenvalue weighted by molar-refractivity contribution is 4.99. The standard InChI is InChI=1S/C44H76O3/c1-4-7-9-11-13-15-17-18-19-20-21-23-25-27-29-32-38-44(46-41-43(47-44)37-40-45)39-33-31-36-42(34-6-3)35-30-28-26-24-22-16-14-12-10-8-5-2/h13-16,18-19,21,23-24,26,30,35,42-43,45H,4-12,17,20,22,25,27-29,31-34,36-41H2,1-3H3. The van der Waals surface area contributed by atoms with Crippen LogP contribution in [0, 0.1) is 5.92 Å². The topological polar surface area (TPSA) is 38.7 Å². The molecule has 0 aliphatic carbocycles. The van der Waals surface area contributed by atoms with E-state index in [2.05, 4.69) is 93.7 Å². The Morgan fingerprint density at radius 3 is 1.62 bits per heavy atom. The first-order valence-corrected chi connectivity index (χ1v) is 20.0. The van der Waals surface area contributed by atoms with Crippen molar-refractivity contribution in [3.8, 4) is 0 Å². The first-order chi connectivity index (χ1) is 23.2. The summed E-state index contributed by atoms with van der Waals surface area (Å²) in [5.74, 6) is 0.215. The van der Waals surface area contributed by atoms with Crippen molar-refractivity contribution in [2.75, 3.05) is 13.2 Å². The number of hydrogen-bond acceptors (Lipinski definition) is 3. The van der Waals surface area contributed by atoms with Gasteiger partial charge in [-0.3, -0.25) is 0 Å². The van der Waals surface area contributed by atoms with Crippen molar-refractivity contribution in [2.24, 2.45) is 5.92 Å². The van der Waals surface area contributed by atoms with Crippen LogP contribution in [0.1, 0.15) is 175 Å². The minimum absolute atomic E-state index is 0.0351. The van der Waals surface area contributed by atoms with Crippen LogP contribution in [0.15, 0.2) is 72.9 Å². The second kappa shape index (κ2) is 32.8. The lowest BCUT2D eigenvalue weighted by Gasteiger charge is -2.28. The Morgan fingerprint density at radius 1 is 0.574 bits per heavy atom. The zero-order chi connectivity index (χ0) is 33.9.